The maximum absolute atomic E-state index is 13.5. The number of hydrogen-bond acceptors (Lipinski definition) is 3. The van der Waals surface area contributed by atoms with E-state index in [9.17, 15) is 27.6 Å². The average molecular weight is 375 g/mol. The Labute approximate surface area is 148 Å². The van der Waals surface area contributed by atoms with Crippen LogP contribution < -0.4 is 20.9 Å². The summed E-state index contributed by atoms with van der Waals surface area (Å²) in [6.45, 7) is 3.76. The van der Waals surface area contributed by atoms with Crippen LogP contribution in [-0.2, 0) is 9.59 Å². The van der Waals surface area contributed by atoms with Crippen molar-refractivity contribution < 1.29 is 32.5 Å². The van der Waals surface area contributed by atoms with Gasteiger partial charge in [-0.15, -0.1) is 0 Å². The molecule has 1 aromatic carbocycles. The molecular formula is C16H22F3N4O3+. The number of hydrogen-bond donors (Lipinski definition) is 4. The van der Waals surface area contributed by atoms with Crippen LogP contribution in [0.15, 0.2) is 12.1 Å². The van der Waals surface area contributed by atoms with Crippen LogP contribution in [0.1, 0.15) is 13.8 Å². The summed E-state index contributed by atoms with van der Waals surface area (Å²) in [5.41, 5.74) is -0.501. The van der Waals surface area contributed by atoms with Crippen molar-refractivity contribution in [2.24, 2.45) is 5.92 Å². The highest BCUT2D eigenvalue weighted by atomic mass is 19.2. The lowest BCUT2D eigenvalue weighted by Crippen LogP contribution is -3.11. The molecule has 1 unspecified atom stereocenters. The maximum Gasteiger partial charge on any atom is 0.321 e. The molecule has 0 spiro atoms. The molecule has 0 aromatic heterocycles. The molecule has 0 heterocycles. The van der Waals surface area contributed by atoms with Gasteiger partial charge in [-0.05, 0) is 18.1 Å². The molecular weight excluding hydrogens is 353 g/mol. The van der Waals surface area contributed by atoms with Crippen LogP contribution in [0.25, 0.3) is 0 Å². The summed E-state index contributed by atoms with van der Waals surface area (Å²) >= 11 is 0. The molecule has 4 N–H and O–H groups in total. The van der Waals surface area contributed by atoms with Crippen LogP contribution in [0.2, 0.25) is 0 Å². The molecule has 10 heteroatoms. The molecule has 1 aromatic rings. The molecule has 26 heavy (non-hydrogen) atoms. The third-order valence-corrected chi connectivity index (χ3v) is 3.16. The number of benzene rings is 1. The molecule has 1 rings (SSSR count). The highest BCUT2D eigenvalue weighted by Crippen LogP contribution is 2.19. The van der Waals surface area contributed by atoms with E-state index in [1.54, 1.807) is 0 Å². The van der Waals surface area contributed by atoms with Crippen molar-refractivity contribution in [2.45, 2.75) is 13.8 Å². The van der Waals surface area contributed by atoms with Crippen molar-refractivity contribution in [3.05, 3.63) is 29.6 Å². The SMILES string of the molecule is CC(C)CNC(=O)NC(=O)C[NH+](C)CC(=O)Nc1ccc(F)c(F)c1F. The number of rotatable bonds is 7. The first-order valence-corrected chi connectivity index (χ1v) is 7.92. The molecule has 0 saturated carbocycles. The van der Waals surface area contributed by atoms with E-state index in [2.05, 4.69) is 16.0 Å². The van der Waals surface area contributed by atoms with E-state index in [4.69, 9.17) is 0 Å². The summed E-state index contributed by atoms with van der Waals surface area (Å²) in [7, 11) is 1.51. The van der Waals surface area contributed by atoms with E-state index in [1.165, 1.54) is 7.05 Å². The summed E-state index contributed by atoms with van der Waals surface area (Å²) in [5.74, 6) is -5.63. The lowest BCUT2D eigenvalue weighted by atomic mass is 10.2. The summed E-state index contributed by atoms with van der Waals surface area (Å²) in [6, 6.07) is 0.949. The number of quaternary nitrogens is 1. The summed E-state index contributed by atoms with van der Waals surface area (Å²) in [5, 5.41) is 6.73. The Bertz CT molecular complexity index is 683. The molecule has 0 radical (unpaired) electrons. The van der Waals surface area contributed by atoms with Crippen molar-refractivity contribution in [2.75, 3.05) is 32.0 Å². The van der Waals surface area contributed by atoms with E-state index < -0.39 is 41.0 Å². The lowest BCUT2D eigenvalue weighted by molar-refractivity contribution is -0.862. The van der Waals surface area contributed by atoms with Crippen molar-refractivity contribution >= 4 is 23.5 Å². The highest BCUT2D eigenvalue weighted by Gasteiger charge is 2.19. The largest absolute Gasteiger partial charge is 0.338 e. The number of halogens is 3. The number of carbonyl (C=O) groups is 3. The standard InChI is InChI=1S/C16H21F3N4O3/c1-9(2)6-20-16(26)22-13(25)8-23(3)7-12(24)21-11-5-4-10(17)14(18)15(11)19/h4-5,9H,6-8H2,1-3H3,(H,21,24)(H2,20,22,25,26)/p+1. The fourth-order valence-corrected chi connectivity index (χ4v) is 1.94. The first-order chi connectivity index (χ1) is 12.1. The predicted molar refractivity (Wildman–Crippen MR) is 87.9 cm³/mol. The topological polar surface area (TPSA) is 91.7 Å². The van der Waals surface area contributed by atoms with Gasteiger partial charge in [0.1, 0.15) is 0 Å². The molecule has 0 aliphatic carbocycles. The number of nitrogens with one attached hydrogen (secondary N) is 4. The van der Waals surface area contributed by atoms with E-state index in [1.807, 2.05) is 13.8 Å². The number of urea groups is 1. The van der Waals surface area contributed by atoms with Gasteiger partial charge in [0.25, 0.3) is 11.8 Å². The zero-order chi connectivity index (χ0) is 19.9. The Morgan fingerprint density at radius 1 is 1.04 bits per heavy atom. The van der Waals surface area contributed by atoms with Crippen molar-refractivity contribution in [1.29, 1.82) is 0 Å². The fourth-order valence-electron chi connectivity index (χ4n) is 1.94. The molecule has 144 valence electrons. The number of anilines is 1. The quantitative estimate of drug-likeness (QED) is 0.507. The number of carbonyl (C=O) groups excluding carboxylic acids is 3. The van der Waals surface area contributed by atoms with Crippen molar-refractivity contribution in [3.8, 4) is 0 Å². The molecule has 0 aliphatic heterocycles. The third-order valence-electron chi connectivity index (χ3n) is 3.16. The van der Waals surface area contributed by atoms with E-state index >= 15 is 0 Å². The van der Waals surface area contributed by atoms with Gasteiger partial charge in [-0.3, -0.25) is 14.9 Å². The van der Waals surface area contributed by atoms with Crippen LogP contribution in [0.4, 0.5) is 23.7 Å². The minimum atomic E-state index is -1.68. The average Bonchev–Trinajstić information content (AvgIpc) is 2.53. The molecule has 1 atom stereocenters. The van der Waals surface area contributed by atoms with Gasteiger partial charge >= 0.3 is 6.03 Å². The molecule has 0 fully saturated rings. The minimum Gasteiger partial charge on any atom is -0.338 e. The molecule has 0 saturated heterocycles. The van der Waals surface area contributed by atoms with E-state index in [-0.39, 0.29) is 19.0 Å². The normalized spacial score (nSPS) is 11.8. The first kappa shape index (κ1) is 21.4. The van der Waals surface area contributed by atoms with Crippen molar-refractivity contribution in [1.82, 2.24) is 10.6 Å². The summed E-state index contributed by atoms with van der Waals surface area (Å²) in [4.78, 5) is 35.4. The number of likely N-dealkylation sites (N-methyl/N-ethyl adjacent to an activating group) is 1. The number of imide groups is 1. The van der Waals surface area contributed by atoms with Gasteiger partial charge in [-0.25, -0.2) is 18.0 Å². The maximum atomic E-state index is 13.5. The van der Waals surface area contributed by atoms with Crippen molar-refractivity contribution in [3.63, 3.8) is 0 Å². The van der Waals surface area contributed by atoms with Gasteiger partial charge < -0.3 is 15.5 Å². The highest BCUT2D eigenvalue weighted by molar-refractivity contribution is 5.95. The van der Waals surface area contributed by atoms with Crippen LogP contribution in [0.3, 0.4) is 0 Å². The Kier molecular flexibility index (Phi) is 8.04. The molecule has 4 amide bonds. The third kappa shape index (κ3) is 7.09. The summed E-state index contributed by atoms with van der Waals surface area (Å²) in [6.07, 6.45) is 0. The van der Waals surface area contributed by atoms with Gasteiger partial charge in [0.05, 0.1) is 12.7 Å². The second-order valence-corrected chi connectivity index (χ2v) is 6.23. The zero-order valence-corrected chi connectivity index (χ0v) is 14.7. The Morgan fingerprint density at radius 2 is 1.65 bits per heavy atom. The summed E-state index contributed by atoms with van der Waals surface area (Å²) < 4.78 is 39.5. The van der Waals surface area contributed by atoms with Gasteiger partial charge in [-0.1, -0.05) is 13.8 Å². The Balaban J connectivity index is 2.46. The smallest absolute Gasteiger partial charge is 0.321 e. The minimum absolute atomic E-state index is 0.192. The van der Waals surface area contributed by atoms with E-state index in [0.29, 0.717) is 17.5 Å². The molecule has 0 aliphatic rings. The second-order valence-electron chi connectivity index (χ2n) is 6.23. The molecule has 0 bridgehead atoms. The predicted octanol–water partition coefficient (Wildman–Crippen LogP) is 0.0389. The van der Waals surface area contributed by atoms with Crippen LogP contribution in [0, 0.1) is 23.4 Å². The molecule has 7 nitrogen and oxygen atoms in total. The van der Waals surface area contributed by atoms with Gasteiger partial charge in [0, 0.05) is 6.54 Å². The number of amides is 4. The lowest BCUT2D eigenvalue weighted by Gasteiger charge is -2.14. The van der Waals surface area contributed by atoms with Crippen LogP contribution in [-0.4, -0.2) is 44.5 Å². The first-order valence-electron chi connectivity index (χ1n) is 7.92. The van der Waals surface area contributed by atoms with Gasteiger partial charge in [0.15, 0.2) is 30.5 Å². The second kappa shape index (κ2) is 9.76. The Hall–Kier alpha value is -2.62. The monoisotopic (exact) mass is 375 g/mol. The van der Waals surface area contributed by atoms with Crippen LogP contribution >= 0.6 is 0 Å². The van der Waals surface area contributed by atoms with Gasteiger partial charge in [-0.2, -0.15) is 0 Å². The zero-order valence-electron chi connectivity index (χ0n) is 14.7. The Morgan fingerprint density at radius 3 is 2.27 bits per heavy atom. The van der Waals surface area contributed by atoms with Gasteiger partial charge in [0.2, 0.25) is 0 Å². The fraction of sp³-hybridized carbons (Fsp3) is 0.438. The van der Waals surface area contributed by atoms with E-state index in [0.717, 1.165) is 6.07 Å². The van der Waals surface area contributed by atoms with Crippen LogP contribution in [0.5, 0.6) is 0 Å².